The molecule has 2 unspecified atom stereocenters. The van der Waals surface area contributed by atoms with Gasteiger partial charge in [-0.1, -0.05) is 19.9 Å². The monoisotopic (exact) mass is 170 g/mol. The third-order valence-electron chi connectivity index (χ3n) is 2.45. The number of aliphatic carboxylic acids is 1. The highest BCUT2D eigenvalue weighted by Crippen LogP contribution is 2.40. The Morgan fingerprint density at radius 2 is 2.08 bits per heavy atom. The van der Waals surface area contributed by atoms with Gasteiger partial charge in [0.25, 0.3) is 0 Å². The molecule has 2 N–H and O–H groups in total. The van der Waals surface area contributed by atoms with Gasteiger partial charge in [0, 0.05) is 0 Å². The molecule has 0 bridgehead atoms. The van der Waals surface area contributed by atoms with Crippen LogP contribution in [-0.4, -0.2) is 22.3 Å². The van der Waals surface area contributed by atoms with Crippen LogP contribution in [0.15, 0.2) is 11.6 Å². The van der Waals surface area contributed by atoms with Gasteiger partial charge in [-0.3, -0.25) is 4.79 Å². The molecule has 0 aromatic carbocycles. The Labute approximate surface area is 71.7 Å². The topological polar surface area (TPSA) is 57.5 Å². The highest BCUT2D eigenvalue weighted by Gasteiger charge is 2.44. The Morgan fingerprint density at radius 3 is 2.25 bits per heavy atom. The van der Waals surface area contributed by atoms with E-state index in [2.05, 4.69) is 0 Å². The average Bonchev–Trinajstić information content (AvgIpc) is 2.01. The van der Waals surface area contributed by atoms with Crippen LogP contribution >= 0.6 is 0 Å². The Bertz CT molecular complexity index is 240. The molecule has 0 aromatic rings. The van der Waals surface area contributed by atoms with Gasteiger partial charge < -0.3 is 10.2 Å². The summed E-state index contributed by atoms with van der Waals surface area (Å²) >= 11 is 0. The number of allylic oxidation sites excluding steroid dienone is 1. The van der Waals surface area contributed by atoms with Crippen molar-refractivity contribution >= 4 is 5.97 Å². The summed E-state index contributed by atoms with van der Waals surface area (Å²) in [6.07, 6.45) is 1.01. The quantitative estimate of drug-likeness (QED) is 0.578. The highest BCUT2D eigenvalue weighted by molar-refractivity contribution is 5.74. The summed E-state index contributed by atoms with van der Waals surface area (Å²) in [6, 6.07) is 0. The van der Waals surface area contributed by atoms with Crippen molar-refractivity contribution in [2.24, 2.45) is 11.3 Å². The average molecular weight is 170 g/mol. The predicted molar refractivity (Wildman–Crippen MR) is 44.7 cm³/mol. The summed E-state index contributed by atoms with van der Waals surface area (Å²) in [5, 5.41) is 18.4. The van der Waals surface area contributed by atoms with Crippen LogP contribution in [0.4, 0.5) is 0 Å². The second-order valence-electron chi connectivity index (χ2n) is 3.97. The fraction of sp³-hybridized carbons (Fsp3) is 0.667. The molecule has 3 heteroatoms. The maximum atomic E-state index is 10.8. The van der Waals surface area contributed by atoms with Crippen LogP contribution in [0, 0.1) is 11.3 Å². The Kier molecular flexibility index (Phi) is 2.00. The number of aliphatic hydroxyl groups is 1. The summed E-state index contributed by atoms with van der Waals surface area (Å²) in [5.74, 6) is -1.63. The molecule has 3 nitrogen and oxygen atoms in total. The minimum absolute atomic E-state index is 0.435. The molecule has 1 aliphatic rings. The van der Waals surface area contributed by atoms with Gasteiger partial charge in [-0.25, -0.2) is 0 Å². The number of carbonyl (C=O) groups is 1. The fourth-order valence-electron chi connectivity index (χ4n) is 1.89. The Hall–Kier alpha value is -0.830. The molecular formula is C9H14O3. The van der Waals surface area contributed by atoms with Gasteiger partial charge in [0.15, 0.2) is 0 Å². The van der Waals surface area contributed by atoms with Crippen molar-refractivity contribution in [3.05, 3.63) is 11.6 Å². The number of rotatable bonds is 1. The molecule has 0 aromatic heterocycles. The van der Waals surface area contributed by atoms with Gasteiger partial charge in [0.05, 0.1) is 12.0 Å². The van der Waals surface area contributed by atoms with Crippen molar-refractivity contribution in [2.45, 2.75) is 26.9 Å². The van der Waals surface area contributed by atoms with Gasteiger partial charge in [-0.05, 0) is 17.9 Å². The number of hydrogen-bond donors (Lipinski definition) is 2. The molecule has 0 radical (unpaired) electrons. The molecule has 0 fully saturated rings. The van der Waals surface area contributed by atoms with Crippen LogP contribution < -0.4 is 0 Å². The maximum Gasteiger partial charge on any atom is 0.310 e. The zero-order valence-corrected chi connectivity index (χ0v) is 7.53. The standard InChI is InChI=1S/C9H14O3/c1-5-4-9(2,3)6(7(5)10)8(11)12/h4,6-7,10H,1-3H3,(H,11,12). The van der Waals surface area contributed by atoms with Crippen LogP contribution in [0.5, 0.6) is 0 Å². The minimum Gasteiger partial charge on any atom is -0.481 e. The summed E-state index contributed by atoms with van der Waals surface area (Å²) in [4.78, 5) is 10.8. The summed E-state index contributed by atoms with van der Waals surface area (Å²) in [6.45, 7) is 5.41. The first-order valence-corrected chi connectivity index (χ1v) is 3.96. The lowest BCUT2D eigenvalue weighted by Gasteiger charge is -2.24. The summed E-state index contributed by atoms with van der Waals surface area (Å²) in [7, 11) is 0. The van der Waals surface area contributed by atoms with E-state index < -0.39 is 23.4 Å². The van der Waals surface area contributed by atoms with Gasteiger partial charge in [0.2, 0.25) is 0 Å². The van der Waals surface area contributed by atoms with E-state index in [-0.39, 0.29) is 0 Å². The first kappa shape index (κ1) is 9.26. The van der Waals surface area contributed by atoms with Crippen LogP contribution in [0.3, 0.4) is 0 Å². The van der Waals surface area contributed by atoms with Crippen molar-refractivity contribution in [2.75, 3.05) is 0 Å². The molecule has 0 amide bonds. The molecule has 0 saturated heterocycles. The molecule has 68 valence electrons. The van der Waals surface area contributed by atoms with Gasteiger partial charge in [0.1, 0.15) is 0 Å². The van der Waals surface area contributed by atoms with Gasteiger partial charge in [-0.15, -0.1) is 0 Å². The molecule has 0 saturated carbocycles. The Morgan fingerprint density at radius 1 is 1.58 bits per heavy atom. The van der Waals surface area contributed by atoms with E-state index in [4.69, 9.17) is 5.11 Å². The number of hydrogen-bond acceptors (Lipinski definition) is 2. The van der Waals surface area contributed by atoms with Gasteiger partial charge >= 0.3 is 5.97 Å². The van der Waals surface area contributed by atoms with E-state index in [0.717, 1.165) is 5.57 Å². The van der Waals surface area contributed by atoms with Crippen LogP contribution in [0.25, 0.3) is 0 Å². The number of aliphatic hydroxyl groups excluding tert-OH is 1. The number of carboxylic acids is 1. The molecule has 2 atom stereocenters. The van der Waals surface area contributed by atoms with E-state index in [0.29, 0.717) is 0 Å². The summed E-state index contributed by atoms with van der Waals surface area (Å²) in [5.41, 5.74) is 0.322. The normalized spacial score (nSPS) is 33.2. The molecule has 0 heterocycles. The zero-order valence-electron chi connectivity index (χ0n) is 7.53. The highest BCUT2D eigenvalue weighted by atomic mass is 16.4. The molecule has 12 heavy (non-hydrogen) atoms. The van der Waals surface area contributed by atoms with E-state index in [1.54, 1.807) is 6.92 Å². The molecule has 1 aliphatic carbocycles. The van der Waals surface area contributed by atoms with Crippen molar-refractivity contribution in [3.63, 3.8) is 0 Å². The van der Waals surface area contributed by atoms with Crippen molar-refractivity contribution in [1.82, 2.24) is 0 Å². The molecule has 0 aliphatic heterocycles. The second kappa shape index (κ2) is 2.59. The Balaban J connectivity index is 2.99. The van der Waals surface area contributed by atoms with Gasteiger partial charge in [-0.2, -0.15) is 0 Å². The van der Waals surface area contributed by atoms with Crippen LogP contribution in [0.2, 0.25) is 0 Å². The maximum absolute atomic E-state index is 10.8. The lowest BCUT2D eigenvalue weighted by Crippen LogP contribution is -2.34. The van der Waals surface area contributed by atoms with E-state index >= 15 is 0 Å². The third kappa shape index (κ3) is 1.25. The van der Waals surface area contributed by atoms with Crippen LogP contribution in [-0.2, 0) is 4.79 Å². The lowest BCUT2D eigenvalue weighted by atomic mass is 9.81. The van der Waals surface area contributed by atoms with Crippen molar-refractivity contribution in [1.29, 1.82) is 0 Å². The summed E-state index contributed by atoms with van der Waals surface area (Å²) < 4.78 is 0. The van der Waals surface area contributed by atoms with Crippen molar-refractivity contribution in [3.8, 4) is 0 Å². The lowest BCUT2D eigenvalue weighted by molar-refractivity contribution is -0.147. The first-order chi connectivity index (χ1) is 5.36. The molecular weight excluding hydrogens is 156 g/mol. The largest absolute Gasteiger partial charge is 0.481 e. The predicted octanol–water partition coefficient (Wildman–Crippen LogP) is 1.03. The van der Waals surface area contributed by atoms with E-state index in [1.807, 2.05) is 19.9 Å². The third-order valence-corrected chi connectivity index (χ3v) is 2.45. The first-order valence-electron chi connectivity index (χ1n) is 3.96. The smallest absolute Gasteiger partial charge is 0.310 e. The SMILES string of the molecule is CC1=CC(C)(C)C(C(=O)O)C1O. The molecule has 1 rings (SSSR count). The molecule has 0 spiro atoms. The second-order valence-corrected chi connectivity index (χ2v) is 3.97. The minimum atomic E-state index is -0.930. The zero-order chi connectivity index (χ0) is 9.52. The fourth-order valence-corrected chi connectivity index (χ4v) is 1.89. The van der Waals surface area contributed by atoms with E-state index in [1.165, 1.54) is 0 Å². The van der Waals surface area contributed by atoms with E-state index in [9.17, 15) is 9.90 Å². The van der Waals surface area contributed by atoms with Crippen molar-refractivity contribution < 1.29 is 15.0 Å². The van der Waals surface area contributed by atoms with Crippen LogP contribution in [0.1, 0.15) is 20.8 Å². The number of carboxylic acid groups (broad SMARTS) is 1.